The van der Waals surface area contributed by atoms with Crippen LogP contribution in [0.3, 0.4) is 0 Å². The Labute approximate surface area is 172 Å². The Hall–Kier alpha value is -2.75. The Morgan fingerprint density at radius 2 is 1.83 bits per heavy atom. The van der Waals surface area contributed by atoms with Gasteiger partial charge in [-0.2, -0.15) is 0 Å². The number of amides is 1. The average molecular weight is 441 g/mol. The van der Waals surface area contributed by atoms with Crippen LogP contribution in [0.2, 0.25) is 5.02 Å². The van der Waals surface area contributed by atoms with E-state index in [1.807, 2.05) is 0 Å². The van der Waals surface area contributed by atoms with E-state index in [-0.39, 0.29) is 15.6 Å². The molecule has 0 radical (unpaired) electrons. The van der Waals surface area contributed by atoms with Crippen molar-refractivity contribution < 1.29 is 27.1 Å². The first-order chi connectivity index (χ1) is 13.6. The van der Waals surface area contributed by atoms with Crippen LogP contribution in [0.5, 0.6) is 0 Å². The zero-order valence-electron chi connectivity index (χ0n) is 15.6. The second kappa shape index (κ2) is 9.64. The van der Waals surface area contributed by atoms with Crippen molar-refractivity contribution in [2.45, 2.75) is 4.90 Å². The molecule has 1 N–H and O–H groups in total. The molecule has 0 aliphatic rings. The van der Waals surface area contributed by atoms with Crippen molar-refractivity contribution in [3.05, 3.63) is 64.9 Å². The molecule has 10 heteroatoms. The Morgan fingerprint density at radius 3 is 2.45 bits per heavy atom. The van der Waals surface area contributed by atoms with E-state index in [2.05, 4.69) is 5.32 Å². The number of esters is 1. The molecule has 0 saturated heterocycles. The van der Waals surface area contributed by atoms with Gasteiger partial charge in [0.15, 0.2) is 6.61 Å². The van der Waals surface area contributed by atoms with Gasteiger partial charge in [0, 0.05) is 25.9 Å². The number of carbonyl (C=O) groups excluding carboxylic acids is 2. The summed E-state index contributed by atoms with van der Waals surface area (Å²) < 4.78 is 43.1. The molecule has 0 spiro atoms. The summed E-state index contributed by atoms with van der Waals surface area (Å²) >= 11 is 5.94. The lowest BCUT2D eigenvalue weighted by Gasteiger charge is -2.14. The summed E-state index contributed by atoms with van der Waals surface area (Å²) in [6, 6.07) is 9.42. The molecule has 0 unspecified atom stereocenters. The first-order valence-corrected chi connectivity index (χ1v) is 10.0. The fourth-order valence-corrected chi connectivity index (χ4v) is 3.49. The van der Waals surface area contributed by atoms with Crippen molar-refractivity contribution in [3.63, 3.8) is 0 Å². The standard InChI is InChI=1S/C19H18ClFN2O5S/c1-23(2)29(26,27)17-11-15(8-9-16(17)20)22-18(24)12-28-19(25)10-5-13-3-6-14(21)7-4-13/h3-11H,12H2,1-2H3,(H,22,24)/b10-5+. The predicted octanol–water partition coefficient (Wildman–Crippen LogP) is 2.92. The van der Waals surface area contributed by atoms with Gasteiger partial charge in [0.05, 0.1) is 5.02 Å². The van der Waals surface area contributed by atoms with Gasteiger partial charge in [0.25, 0.3) is 5.91 Å². The van der Waals surface area contributed by atoms with Crippen molar-refractivity contribution in [1.82, 2.24) is 4.31 Å². The molecule has 154 valence electrons. The van der Waals surface area contributed by atoms with Crippen molar-refractivity contribution in [2.24, 2.45) is 0 Å². The Bertz CT molecular complexity index is 1040. The number of hydrogen-bond acceptors (Lipinski definition) is 5. The van der Waals surface area contributed by atoms with Gasteiger partial charge in [-0.15, -0.1) is 0 Å². The number of nitrogens with one attached hydrogen (secondary N) is 1. The van der Waals surface area contributed by atoms with Crippen molar-refractivity contribution >= 4 is 45.3 Å². The van der Waals surface area contributed by atoms with Crippen molar-refractivity contribution in [3.8, 4) is 0 Å². The second-order valence-corrected chi connectivity index (χ2v) is 8.50. The Morgan fingerprint density at radius 1 is 1.17 bits per heavy atom. The fourth-order valence-electron chi connectivity index (χ4n) is 2.10. The largest absolute Gasteiger partial charge is 0.452 e. The van der Waals surface area contributed by atoms with Gasteiger partial charge in [-0.3, -0.25) is 4.79 Å². The van der Waals surface area contributed by atoms with Crippen molar-refractivity contribution in [2.75, 3.05) is 26.0 Å². The number of halogens is 2. The third kappa shape index (κ3) is 6.38. The molecule has 2 aromatic rings. The molecular formula is C19H18ClFN2O5S. The lowest BCUT2D eigenvalue weighted by Crippen LogP contribution is -2.23. The smallest absolute Gasteiger partial charge is 0.331 e. The highest BCUT2D eigenvalue weighted by atomic mass is 35.5. The Kier molecular flexibility index (Phi) is 7.49. The number of nitrogens with zero attached hydrogens (tertiary/aromatic N) is 1. The fraction of sp³-hybridized carbons (Fsp3) is 0.158. The SMILES string of the molecule is CN(C)S(=O)(=O)c1cc(NC(=O)COC(=O)/C=C/c2ccc(F)cc2)ccc1Cl. The van der Waals surface area contributed by atoms with Gasteiger partial charge in [-0.05, 0) is 42.0 Å². The molecule has 0 aliphatic carbocycles. The molecule has 0 aliphatic heterocycles. The van der Waals surface area contributed by atoms with Gasteiger partial charge < -0.3 is 10.1 Å². The van der Waals surface area contributed by atoms with E-state index in [4.69, 9.17) is 16.3 Å². The maximum atomic E-state index is 12.8. The van der Waals surface area contributed by atoms with Crippen LogP contribution in [0.15, 0.2) is 53.4 Å². The topological polar surface area (TPSA) is 92.8 Å². The third-order valence-corrected chi connectivity index (χ3v) is 5.90. The van der Waals surface area contributed by atoms with Crippen LogP contribution in [0.25, 0.3) is 6.08 Å². The predicted molar refractivity (Wildman–Crippen MR) is 107 cm³/mol. The number of hydrogen-bond donors (Lipinski definition) is 1. The number of sulfonamides is 1. The lowest BCUT2D eigenvalue weighted by atomic mass is 10.2. The molecule has 7 nitrogen and oxygen atoms in total. The summed E-state index contributed by atoms with van der Waals surface area (Å²) in [6.45, 7) is -0.578. The van der Waals surface area contributed by atoms with Gasteiger partial charge in [0.2, 0.25) is 10.0 Å². The molecule has 0 fully saturated rings. The van der Waals surface area contributed by atoms with E-state index in [1.54, 1.807) is 0 Å². The molecule has 0 saturated carbocycles. The van der Waals surface area contributed by atoms with Crippen LogP contribution < -0.4 is 5.32 Å². The number of rotatable bonds is 7. The van der Waals surface area contributed by atoms with Crippen LogP contribution >= 0.6 is 11.6 Å². The zero-order chi connectivity index (χ0) is 21.6. The van der Waals surface area contributed by atoms with E-state index in [9.17, 15) is 22.4 Å². The maximum absolute atomic E-state index is 12.8. The molecular weight excluding hydrogens is 423 g/mol. The number of carbonyl (C=O) groups is 2. The minimum absolute atomic E-state index is 0.00839. The molecule has 0 atom stereocenters. The summed E-state index contributed by atoms with van der Waals surface area (Å²) in [7, 11) is -1.08. The van der Waals surface area contributed by atoms with Crippen molar-refractivity contribution in [1.29, 1.82) is 0 Å². The second-order valence-electron chi connectivity index (χ2n) is 5.97. The zero-order valence-corrected chi connectivity index (χ0v) is 17.1. The first-order valence-electron chi connectivity index (χ1n) is 8.22. The minimum Gasteiger partial charge on any atom is -0.452 e. The average Bonchev–Trinajstić information content (AvgIpc) is 2.67. The van der Waals surface area contributed by atoms with E-state index in [0.29, 0.717) is 5.56 Å². The van der Waals surface area contributed by atoms with E-state index in [1.165, 1.54) is 62.6 Å². The molecule has 0 bridgehead atoms. The first kappa shape index (κ1) is 22.5. The lowest BCUT2D eigenvalue weighted by molar-refractivity contribution is -0.142. The third-order valence-electron chi connectivity index (χ3n) is 3.60. The molecule has 2 aromatic carbocycles. The van der Waals surface area contributed by atoms with Crippen LogP contribution in [-0.4, -0.2) is 45.3 Å². The molecule has 0 aromatic heterocycles. The van der Waals surface area contributed by atoms with E-state index >= 15 is 0 Å². The van der Waals surface area contributed by atoms with Crippen LogP contribution in [-0.2, 0) is 24.3 Å². The summed E-state index contributed by atoms with van der Waals surface area (Å²) in [5, 5.41) is 2.44. The van der Waals surface area contributed by atoms with Gasteiger partial charge in [0.1, 0.15) is 10.7 Å². The van der Waals surface area contributed by atoms with Crippen LogP contribution in [0.4, 0.5) is 10.1 Å². The number of benzene rings is 2. The summed E-state index contributed by atoms with van der Waals surface area (Å²) in [6.07, 6.45) is 2.52. The monoisotopic (exact) mass is 440 g/mol. The maximum Gasteiger partial charge on any atom is 0.331 e. The highest BCUT2D eigenvalue weighted by Crippen LogP contribution is 2.26. The summed E-state index contributed by atoms with van der Waals surface area (Å²) in [5.74, 6) is -1.83. The van der Waals surface area contributed by atoms with E-state index in [0.717, 1.165) is 10.4 Å². The highest BCUT2D eigenvalue weighted by Gasteiger charge is 2.21. The molecule has 29 heavy (non-hydrogen) atoms. The molecule has 2 rings (SSSR count). The molecule has 0 heterocycles. The minimum atomic E-state index is -3.80. The van der Waals surface area contributed by atoms with Crippen LogP contribution in [0.1, 0.15) is 5.56 Å². The van der Waals surface area contributed by atoms with Crippen LogP contribution in [0, 0.1) is 5.82 Å². The number of anilines is 1. The van der Waals surface area contributed by atoms with Gasteiger partial charge in [-0.1, -0.05) is 23.7 Å². The molecule has 1 amide bonds. The number of ether oxygens (including phenoxy) is 1. The normalized spacial score (nSPS) is 11.6. The van der Waals surface area contributed by atoms with Gasteiger partial charge in [-0.25, -0.2) is 21.9 Å². The van der Waals surface area contributed by atoms with Gasteiger partial charge >= 0.3 is 5.97 Å². The Balaban J connectivity index is 1.95. The quantitative estimate of drug-likeness (QED) is 0.528. The summed E-state index contributed by atoms with van der Waals surface area (Å²) in [4.78, 5) is 23.5. The van der Waals surface area contributed by atoms with E-state index < -0.39 is 34.3 Å². The summed E-state index contributed by atoms with van der Waals surface area (Å²) in [5.41, 5.74) is 0.765. The highest BCUT2D eigenvalue weighted by molar-refractivity contribution is 7.89.